The Labute approximate surface area is 157 Å². The summed E-state index contributed by atoms with van der Waals surface area (Å²) in [5.74, 6) is -1.13. The van der Waals surface area contributed by atoms with Crippen LogP contribution >= 0.6 is 0 Å². The number of nitrogens with zero attached hydrogens (tertiary/aromatic N) is 1. The second kappa shape index (κ2) is 9.70. The van der Waals surface area contributed by atoms with Gasteiger partial charge in [0.2, 0.25) is 0 Å². The number of hydrogen-bond donors (Lipinski definition) is 1. The minimum Gasteiger partial charge on any atom is -0.496 e. The van der Waals surface area contributed by atoms with Crippen LogP contribution in [0.15, 0.2) is 29.8 Å². The van der Waals surface area contributed by atoms with Crippen LogP contribution in [0.1, 0.15) is 49.4 Å². The predicted octanol–water partition coefficient (Wildman–Crippen LogP) is 3.16. The van der Waals surface area contributed by atoms with Gasteiger partial charge in [-0.15, -0.1) is 0 Å². The number of benzene rings is 1. The SMILES string of the molecule is COc1ccc([N+](=O)[O-])cc1C(=O)O[C@H](C)C(=O)NCCC1=CCCCC1. The fourth-order valence-electron chi connectivity index (χ4n) is 2.87. The van der Waals surface area contributed by atoms with Crippen LogP contribution in [0.5, 0.6) is 5.75 Å². The van der Waals surface area contributed by atoms with Crippen molar-refractivity contribution < 1.29 is 24.0 Å². The molecule has 0 radical (unpaired) electrons. The molecule has 8 heteroatoms. The lowest BCUT2D eigenvalue weighted by atomic mass is 9.97. The Morgan fingerprint density at radius 1 is 1.33 bits per heavy atom. The fourth-order valence-corrected chi connectivity index (χ4v) is 2.87. The molecule has 0 saturated heterocycles. The molecule has 8 nitrogen and oxygen atoms in total. The highest BCUT2D eigenvalue weighted by molar-refractivity contribution is 5.95. The van der Waals surface area contributed by atoms with E-state index in [0.717, 1.165) is 25.3 Å². The Balaban J connectivity index is 1.92. The van der Waals surface area contributed by atoms with E-state index in [1.54, 1.807) is 0 Å². The first-order valence-corrected chi connectivity index (χ1v) is 8.91. The number of nitro benzene ring substituents is 1. The average molecular weight is 376 g/mol. The quantitative estimate of drug-likeness (QED) is 0.323. The molecule has 1 amide bonds. The first kappa shape index (κ1) is 20.4. The van der Waals surface area contributed by atoms with Crippen LogP contribution in [0.4, 0.5) is 5.69 Å². The van der Waals surface area contributed by atoms with Crippen LogP contribution in [-0.2, 0) is 9.53 Å². The molecule has 1 aliphatic rings. The fraction of sp³-hybridized carbons (Fsp3) is 0.474. The van der Waals surface area contributed by atoms with Gasteiger partial charge in [-0.05, 0) is 45.1 Å². The second-order valence-corrected chi connectivity index (χ2v) is 6.34. The molecule has 2 rings (SSSR count). The van der Waals surface area contributed by atoms with Crippen LogP contribution in [-0.4, -0.2) is 36.6 Å². The van der Waals surface area contributed by atoms with Gasteiger partial charge in [-0.2, -0.15) is 0 Å². The van der Waals surface area contributed by atoms with Gasteiger partial charge >= 0.3 is 5.97 Å². The van der Waals surface area contributed by atoms with Crippen LogP contribution < -0.4 is 10.1 Å². The zero-order chi connectivity index (χ0) is 19.8. The molecule has 0 aliphatic heterocycles. The Hall–Kier alpha value is -2.90. The van der Waals surface area contributed by atoms with Gasteiger partial charge < -0.3 is 14.8 Å². The number of methoxy groups -OCH3 is 1. The molecule has 1 aromatic carbocycles. The normalized spacial score (nSPS) is 14.7. The lowest BCUT2D eigenvalue weighted by Crippen LogP contribution is -2.36. The Bertz CT molecular complexity index is 744. The standard InChI is InChI=1S/C19H24N2O6/c1-13(18(22)20-11-10-14-6-4-3-5-7-14)27-19(23)16-12-15(21(24)25)8-9-17(16)26-2/h6,8-9,12-13H,3-5,7,10-11H2,1-2H3,(H,20,22)/t13-/m1/s1. The van der Waals surface area contributed by atoms with Crippen LogP contribution in [0.2, 0.25) is 0 Å². The minimum absolute atomic E-state index is 0.0984. The number of allylic oxidation sites excluding steroid dienone is 1. The number of ether oxygens (including phenoxy) is 2. The topological polar surface area (TPSA) is 108 Å². The molecule has 0 bridgehead atoms. The maximum atomic E-state index is 12.3. The molecule has 146 valence electrons. The molecular formula is C19H24N2O6. The van der Waals surface area contributed by atoms with E-state index >= 15 is 0 Å². The zero-order valence-corrected chi connectivity index (χ0v) is 15.5. The highest BCUT2D eigenvalue weighted by atomic mass is 16.6. The van der Waals surface area contributed by atoms with E-state index in [1.807, 2.05) is 0 Å². The summed E-state index contributed by atoms with van der Waals surface area (Å²) in [4.78, 5) is 34.7. The van der Waals surface area contributed by atoms with Crippen LogP contribution in [0, 0.1) is 10.1 Å². The van der Waals surface area contributed by atoms with Crippen molar-refractivity contribution in [3.05, 3.63) is 45.5 Å². The first-order valence-electron chi connectivity index (χ1n) is 8.91. The van der Waals surface area contributed by atoms with Crippen molar-refractivity contribution in [2.45, 2.75) is 45.1 Å². The van der Waals surface area contributed by atoms with E-state index < -0.39 is 22.9 Å². The Morgan fingerprint density at radius 3 is 2.74 bits per heavy atom. The second-order valence-electron chi connectivity index (χ2n) is 6.34. The number of amides is 1. The van der Waals surface area contributed by atoms with Gasteiger partial charge in [-0.3, -0.25) is 14.9 Å². The molecule has 0 aromatic heterocycles. The van der Waals surface area contributed by atoms with Crippen molar-refractivity contribution in [1.82, 2.24) is 5.32 Å². The number of esters is 1. The number of rotatable bonds is 8. The number of non-ortho nitro benzene ring substituents is 1. The van der Waals surface area contributed by atoms with Gasteiger partial charge in [0.05, 0.1) is 12.0 Å². The molecule has 1 aromatic rings. The monoisotopic (exact) mass is 376 g/mol. The first-order chi connectivity index (χ1) is 12.9. The van der Waals surface area contributed by atoms with Crippen molar-refractivity contribution in [2.75, 3.05) is 13.7 Å². The predicted molar refractivity (Wildman–Crippen MR) is 98.7 cm³/mol. The third-order valence-corrected chi connectivity index (χ3v) is 4.40. The number of nitrogens with one attached hydrogen (secondary N) is 1. The molecular weight excluding hydrogens is 352 g/mol. The molecule has 0 spiro atoms. The number of carbonyl (C=O) groups excluding carboxylic acids is 2. The number of nitro groups is 1. The minimum atomic E-state index is -1.03. The van der Waals surface area contributed by atoms with E-state index in [4.69, 9.17) is 9.47 Å². The summed E-state index contributed by atoms with van der Waals surface area (Å²) in [5, 5.41) is 13.6. The molecule has 0 fully saturated rings. The molecule has 27 heavy (non-hydrogen) atoms. The lowest BCUT2D eigenvalue weighted by molar-refractivity contribution is -0.384. The van der Waals surface area contributed by atoms with Gasteiger partial charge in [-0.1, -0.05) is 11.6 Å². The number of carbonyl (C=O) groups is 2. The van der Waals surface area contributed by atoms with Gasteiger partial charge in [0.1, 0.15) is 11.3 Å². The van der Waals surface area contributed by atoms with Crippen molar-refractivity contribution in [3.8, 4) is 5.75 Å². The van der Waals surface area contributed by atoms with Crippen molar-refractivity contribution in [1.29, 1.82) is 0 Å². The van der Waals surface area contributed by atoms with E-state index in [2.05, 4.69) is 11.4 Å². The molecule has 0 saturated carbocycles. The summed E-state index contributed by atoms with van der Waals surface area (Å²) >= 11 is 0. The molecule has 1 atom stereocenters. The molecule has 0 heterocycles. The van der Waals surface area contributed by atoms with Crippen molar-refractivity contribution in [2.24, 2.45) is 0 Å². The molecule has 1 aliphatic carbocycles. The smallest absolute Gasteiger partial charge is 0.342 e. The summed E-state index contributed by atoms with van der Waals surface area (Å²) in [6, 6.07) is 3.62. The molecule has 0 unspecified atom stereocenters. The van der Waals surface area contributed by atoms with E-state index in [1.165, 1.54) is 44.6 Å². The van der Waals surface area contributed by atoms with E-state index in [0.29, 0.717) is 6.54 Å². The van der Waals surface area contributed by atoms with Crippen molar-refractivity contribution >= 4 is 17.6 Å². The summed E-state index contributed by atoms with van der Waals surface area (Å²) in [6.45, 7) is 1.93. The summed E-state index contributed by atoms with van der Waals surface area (Å²) < 4.78 is 10.2. The van der Waals surface area contributed by atoms with Crippen LogP contribution in [0.25, 0.3) is 0 Å². The van der Waals surface area contributed by atoms with Gasteiger partial charge in [0.15, 0.2) is 6.10 Å². The zero-order valence-electron chi connectivity index (χ0n) is 15.5. The third kappa shape index (κ3) is 5.80. The third-order valence-electron chi connectivity index (χ3n) is 4.40. The van der Waals surface area contributed by atoms with Crippen LogP contribution in [0.3, 0.4) is 0 Å². The maximum absolute atomic E-state index is 12.3. The van der Waals surface area contributed by atoms with Gasteiger partial charge in [0, 0.05) is 18.7 Å². The lowest BCUT2D eigenvalue weighted by Gasteiger charge is -2.16. The number of hydrogen-bond acceptors (Lipinski definition) is 6. The van der Waals surface area contributed by atoms with Gasteiger partial charge in [-0.25, -0.2) is 4.79 Å². The Kier molecular flexibility index (Phi) is 7.34. The average Bonchev–Trinajstić information content (AvgIpc) is 2.67. The highest BCUT2D eigenvalue weighted by Crippen LogP contribution is 2.25. The summed E-state index contributed by atoms with van der Waals surface area (Å²) in [7, 11) is 1.34. The van der Waals surface area contributed by atoms with E-state index in [-0.39, 0.29) is 17.0 Å². The Morgan fingerprint density at radius 2 is 2.11 bits per heavy atom. The van der Waals surface area contributed by atoms with Gasteiger partial charge in [0.25, 0.3) is 11.6 Å². The summed E-state index contributed by atoms with van der Waals surface area (Å²) in [5.41, 5.74) is 0.979. The van der Waals surface area contributed by atoms with E-state index in [9.17, 15) is 19.7 Å². The highest BCUT2D eigenvalue weighted by Gasteiger charge is 2.23. The largest absolute Gasteiger partial charge is 0.496 e. The maximum Gasteiger partial charge on any atom is 0.342 e. The van der Waals surface area contributed by atoms with Crippen molar-refractivity contribution in [3.63, 3.8) is 0 Å². The molecule has 1 N–H and O–H groups in total. The summed E-state index contributed by atoms with van der Waals surface area (Å²) in [6.07, 6.45) is 6.51.